The molecular formula is C36H31ClF6O. The number of hydrogen-bond acceptors (Lipinski definition) is 1. The van der Waals surface area contributed by atoms with Crippen LogP contribution in [0.3, 0.4) is 0 Å². The minimum atomic E-state index is -4.28. The molecule has 0 N–H and O–H groups in total. The Morgan fingerprint density at radius 3 is 1.98 bits per heavy atom. The molecular weight excluding hydrogens is 598 g/mol. The summed E-state index contributed by atoms with van der Waals surface area (Å²) in [7, 11) is 0. The second kappa shape index (κ2) is 13.5. The molecule has 0 atom stereocenters. The molecule has 0 heterocycles. The van der Waals surface area contributed by atoms with Crippen LogP contribution >= 0.6 is 11.6 Å². The first-order chi connectivity index (χ1) is 21.1. The third kappa shape index (κ3) is 7.15. The Bertz CT molecular complexity index is 1620. The van der Waals surface area contributed by atoms with E-state index in [1.807, 2.05) is 13.0 Å². The van der Waals surface area contributed by atoms with Crippen LogP contribution in [0.1, 0.15) is 62.5 Å². The average Bonchev–Trinajstić information content (AvgIpc) is 2.99. The van der Waals surface area contributed by atoms with E-state index in [0.29, 0.717) is 28.2 Å². The lowest BCUT2D eigenvalue weighted by atomic mass is 9.77. The lowest BCUT2D eigenvalue weighted by Gasteiger charge is -2.29. The topological polar surface area (TPSA) is 9.23 Å². The van der Waals surface area contributed by atoms with Gasteiger partial charge in [-0.2, -0.15) is 8.78 Å². The summed E-state index contributed by atoms with van der Waals surface area (Å²) < 4.78 is 93.6. The van der Waals surface area contributed by atoms with Gasteiger partial charge in [-0.15, -0.1) is 0 Å². The zero-order valence-electron chi connectivity index (χ0n) is 24.0. The van der Waals surface area contributed by atoms with Gasteiger partial charge in [-0.25, -0.2) is 17.6 Å². The quantitative estimate of drug-likeness (QED) is 0.132. The van der Waals surface area contributed by atoms with Crippen LogP contribution in [0.25, 0.3) is 22.3 Å². The van der Waals surface area contributed by atoms with Crippen LogP contribution in [0.2, 0.25) is 5.02 Å². The van der Waals surface area contributed by atoms with Crippen molar-refractivity contribution in [2.24, 2.45) is 5.92 Å². The van der Waals surface area contributed by atoms with E-state index in [-0.39, 0.29) is 22.3 Å². The number of alkyl halides is 2. The zero-order valence-corrected chi connectivity index (χ0v) is 24.8. The van der Waals surface area contributed by atoms with Crippen LogP contribution in [-0.2, 0) is 6.11 Å². The normalized spacial score (nSPS) is 17.3. The first kappa shape index (κ1) is 31.7. The molecule has 1 saturated carbocycles. The van der Waals surface area contributed by atoms with Gasteiger partial charge >= 0.3 is 6.11 Å². The molecule has 0 bridgehead atoms. The molecule has 1 nitrogen and oxygen atoms in total. The van der Waals surface area contributed by atoms with Crippen molar-refractivity contribution in [1.82, 2.24) is 0 Å². The molecule has 4 aromatic rings. The Hall–Kier alpha value is -3.71. The Balaban J connectivity index is 1.27. The summed E-state index contributed by atoms with van der Waals surface area (Å²) in [6, 6.07) is 15.5. The molecule has 44 heavy (non-hydrogen) atoms. The molecule has 1 fully saturated rings. The fraction of sp³-hybridized carbons (Fsp3) is 0.278. The number of ether oxygens (including phenoxy) is 1. The van der Waals surface area contributed by atoms with E-state index >= 15 is 8.78 Å². The van der Waals surface area contributed by atoms with Crippen LogP contribution in [0.4, 0.5) is 26.3 Å². The smallest absolute Gasteiger partial charge is 0.429 e. The van der Waals surface area contributed by atoms with E-state index < -0.39 is 34.9 Å². The van der Waals surface area contributed by atoms with Gasteiger partial charge in [-0.1, -0.05) is 54.1 Å². The fourth-order valence-electron chi connectivity index (χ4n) is 5.90. The van der Waals surface area contributed by atoms with E-state index in [4.69, 9.17) is 16.3 Å². The summed E-state index contributed by atoms with van der Waals surface area (Å²) >= 11 is 5.71. The second-order valence-corrected chi connectivity index (χ2v) is 11.6. The van der Waals surface area contributed by atoms with Crippen LogP contribution in [0.15, 0.2) is 84.9 Å². The first-order valence-electron chi connectivity index (χ1n) is 14.6. The molecule has 0 amide bonds. The minimum absolute atomic E-state index is 0.0787. The number of benzene rings is 4. The van der Waals surface area contributed by atoms with Gasteiger partial charge in [0, 0.05) is 5.56 Å². The molecule has 8 heteroatoms. The summed E-state index contributed by atoms with van der Waals surface area (Å²) in [5.41, 5.74) is 0.311. The highest BCUT2D eigenvalue weighted by Gasteiger charge is 2.41. The summed E-state index contributed by atoms with van der Waals surface area (Å²) in [5, 5.41) is -0.0787. The van der Waals surface area contributed by atoms with Gasteiger partial charge in [-0.3, -0.25) is 0 Å². The number of allylic oxidation sites excluding steroid dienone is 2. The van der Waals surface area contributed by atoms with E-state index in [0.717, 1.165) is 56.7 Å². The lowest BCUT2D eigenvalue weighted by molar-refractivity contribution is -0.189. The van der Waals surface area contributed by atoms with Gasteiger partial charge < -0.3 is 4.74 Å². The molecule has 5 rings (SSSR count). The molecule has 230 valence electrons. The first-order valence-corrected chi connectivity index (χ1v) is 15.0. The average molecular weight is 629 g/mol. The molecule has 0 unspecified atom stereocenters. The lowest BCUT2D eigenvalue weighted by Crippen LogP contribution is -2.25. The highest BCUT2D eigenvalue weighted by Crippen LogP contribution is 2.41. The third-order valence-corrected chi connectivity index (χ3v) is 8.59. The van der Waals surface area contributed by atoms with Crippen LogP contribution < -0.4 is 4.74 Å². The number of rotatable bonds is 9. The van der Waals surface area contributed by atoms with E-state index in [1.54, 1.807) is 6.07 Å². The van der Waals surface area contributed by atoms with Crippen molar-refractivity contribution in [3.8, 4) is 28.0 Å². The van der Waals surface area contributed by atoms with Gasteiger partial charge in [0.15, 0.2) is 0 Å². The Kier molecular flexibility index (Phi) is 9.74. The monoisotopic (exact) mass is 628 g/mol. The van der Waals surface area contributed by atoms with Crippen molar-refractivity contribution in [2.45, 2.75) is 57.5 Å². The second-order valence-electron chi connectivity index (χ2n) is 11.2. The summed E-state index contributed by atoms with van der Waals surface area (Å²) in [6.07, 6.45) is 5.31. The van der Waals surface area contributed by atoms with E-state index in [1.165, 1.54) is 48.5 Å². The molecule has 0 radical (unpaired) electrons. The highest BCUT2D eigenvalue weighted by molar-refractivity contribution is 6.30. The van der Waals surface area contributed by atoms with Crippen molar-refractivity contribution in [3.05, 3.63) is 124 Å². The standard InChI is InChI=1S/C36H31ClF6O/c1-2-3-4-5-22-6-8-24(9-7-22)27-20-33(40)35(34(41)21-27)36(42,43)44-28-14-10-23(11-15-28)25-12-16-29(31(38)18-25)26-13-17-30(37)32(39)19-26/h2-3,10-22,24H,4-9H2,1H3/b3-2+. The van der Waals surface area contributed by atoms with E-state index in [9.17, 15) is 17.6 Å². The predicted molar refractivity (Wildman–Crippen MR) is 162 cm³/mol. The molecule has 4 aromatic carbocycles. The Morgan fingerprint density at radius 1 is 0.750 bits per heavy atom. The molecule has 0 saturated heterocycles. The van der Waals surface area contributed by atoms with Crippen molar-refractivity contribution in [2.75, 3.05) is 0 Å². The van der Waals surface area contributed by atoms with Crippen molar-refractivity contribution < 1.29 is 31.1 Å². The Labute approximate surface area is 258 Å². The van der Waals surface area contributed by atoms with Crippen molar-refractivity contribution in [1.29, 1.82) is 0 Å². The van der Waals surface area contributed by atoms with Gasteiger partial charge in [0.05, 0.1) is 5.02 Å². The van der Waals surface area contributed by atoms with Gasteiger partial charge in [-0.05, 0) is 122 Å². The molecule has 0 aliphatic heterocycles. The number of halogens is 7. The third-order valence-electron chi connectivity index (χ3n) is 8.28. The summed E-state index contributed by atoms with van der Waals surface area (Å²) in [5.74, 6) is -3.86. The highest BCUT2D eigenvalue weighted by atomic mass is 35.5. The Morgan fingerprint density at radius 2 is 1.36 bits per heavy atom. The van der Waals surface area contributed by atoms with Crippen LogP contribution in [0.5, 0.6) is 5.75 Å². The molecule has 1 aliphatic rings. The van der Waals surface area contributed by atoms with Crippen molar-refractivity contribution >= 4 is 11.6 Å². The SMILES string of the molecule is C/C=C/CCC1CCC(c2cc(F)c(C(F)(F)Oc3ccc(-c4ccc(-c5ccc(Cl)c(F)c5)c(F)c4)cc3)c(F)c2)CC1. The molecule has 0 aromatic heterocycles. The van der Waals surface area contributed by atoms with Gasteiger partial charge in [0.1, 0.15) is 34.6 Å². The largest absolute Gasteiger partial charge is 0.432 e. The maximum Gasteiger partial charge on any atom is 0.432 e. The molecule has 0 spiro atoms. The zero-order chi connectivity index (χ0) is 31.4. The van der Waals surface area contributed by atoms with Crippen LogP contribution in [-0.4, -0.2) is 0 Å². The predicted octanol–water partition coefficient (Wildman–Crippen LogP) is 12.0. The van der Waals surface area contributed by atoms with E-state index in [2.05, 4.69) is 6.08 Å². The van der Waals surface area contributed by atoms with Gasteiger partial charge in [0.25, 0.3) is 0 Å². The molecule has 1 aliphatic carbocycles. The maximum absolute atomic E-state index is 15.1. The van der Waals surface area contributed by atoms with Gasteiger partial charge in [0.2, 0.25) is 0 Å². The number of hydrogen-bond donors (Lipinski definition) is 0. The maximum atomic E-state index is 15.1. The summed E-state index contributed by atoms with van der Waals surface area (Å²) in [4.78, 5) is 0. The fourth-order valence-corrected chi connectivity index (χ4v) is 6.01. The van der Waals surface area contributed by atoms with Crippen LogP contribution in [0, 0.1) is 29.2 Å². The summed E-state index contributed by atoms with van der Waals surface area (Å²) in [6.45, 7) is 1.98. The minimum Gasteiger partial charge on any atom is -0.429 e. The van der Waals surface area contributed by atoms with Crippen molar-refractivity contribution in [3.63, 3.8) is 0 Å².